The predicted octanol–water partition coefficient (Wildman–Crippen LogP) is 1.56. The normalized spacial score (nSPS) is 10.3. The van der Waals surface area contributed by atoms with Crippen LogP contribution >= 0.6 is 0 Å². The molecule has 0 aliphatic heterocycles. The summed E-state index contributed by atoms with van der Waals surface area (Å²) in [6, 6.07) is 1.98. The van der Waals surface area contributed by atoms with Crippen LogP contribution < -0.4 is 5.56 Å². The van der Waals surface area contributed by atoms with Gasteiger partial charge in [0.05, 0.1) is 0 Å². The Labute approximate surface area is 72.8 Å². The molecule has 0 aromatic carbocycles. The molecule has 12 heavy (non-hydrogen) atoms. The molecule has 0 radical (unpaired) electrons. The van der Waals surface area contributed by atoms with E-state index in [4.69, 9.17) is 0 Å². The average Bonchev–Trinajstić information content (AvgIpc) is 2.08. The summed E-state index contributed by atoms with van der Waals surface area (Å²) < 4.78 is 1.72. The Morgan fingerprint density at radius 2 is 2.00 bits per heavy atom. The summed E-state index contributed by atoms with van der Waals surface area (Å²) in [4.78, 5) is 11.4. The molecule has 1 aromatic heterocycles. The highest BCUT2D eigenvalue weighted by Gasteiger charge is 2.03. The van der Waals surface area contributed by atoms with Gasteiger partial charge < -0.3 is 4.57 Å². The van der Waals surface area contributed by atoms with Crippen LogP contribution in [0.15, 0.2) is 10.9 Å². The van der Waals surface area contributed by atoms with Crippen molar-refractivity contribution in [2.75, 3.05) is 0 Å². The second-order valence-electron chi connectivity index (χ2n) is 3.16. The minimum Gasteiger partial charge on any atom is -0.316 e. The number of aryl methyl sites for hydroxylation is 2. The first-order chi connectivity index (χ1) is 5.57. The molecule has 0 fully saturated rings. The van der Waals surface area contributed by atoms with Crippen molar-refractivity contribution in [2.24, 2.45) is 7.05 Å². The van der Waals surface area contributed by atoms with Crippen LogP contribution in [0.4, 0.5) is 0 Å². The first-order valence-electron chi connectivity index (χ1n) is 4.24. The van der Waals surface area contributed by atoms with Crippen LogP contribution in [-0.2, 0) is 13.5 Å². The van der Waals surface area contributed by atoms with Crippen LogP contribution in [0, 0.1) is 13.8 Å². The SMILES string of the molecule is CCc1cc(C)c(=O)n(C)c1C. The first kappa shape index (κ1) is 9.04. The molecule has 0 amide bonds. The van der Waals surface area contributed by atoms with Crippen LogP contribution in [0.25, 0.3) is 0 Å². The Balaban J connectivity index is 3.50. The van der Waals surface area contributed by atoms with Gasteiger partial charge in [0.15, 0.2) is 0 Å². The standard InChI is InChI=1S/C10H15NO/c1-5-9-6-7(2)10(12)11(4)8(9)3/h6H,5H2,1-4H3. The van der Waals surface area contributed by atoms with Crippen LogP contribution in [-0.4, -0.2) is 4.57 Å². The lowest BCUT2D eigenvalue weighted by atomic mass is 10.1. The molecule has 2 heteroatoms. The number of aromatic nitrogens is 1. The van der Waals surface area contributed by atoms with Crippen LogP contribution in [0.1, 0.15) is 23.7 Å². The number of hydrogen-bond acceptors (Lipinski definition) is 1. The zero-order valence-corrected chi connectivity index (χ0v) is 8.14. The molecule has 0 aliphatic carbocycles. The highest BCUT2D eigenvalue weighted by molar-refractivity contribution is 5.24. The molecule has 0 unspecified atom stereocenters. The maximum absolute atomic E-state index is 11.4. The van der Waals surface area contributed by atoms with Gasteiger partial charge in [0.1, 0.15) is 0 Å². The topological polar surface area (TPSA) is 22.0 Å². The number of nitrogens with zero attached hydrogens (tertiary/aromatic N) is 1. The third kappa shape index (κ3) is 1.29. The third-order valence-corrected chi connectivity index (χ3v) is 2.38. The van der Waals surface area contributed by atoms with Gasteiger partial charge in [0.2, 0.25) is 0 Å². The van der Waals surface area contributed by atoms with Gasteiger partial charge in [0, 0.05) is 18.3 Å². The minimum absolute atomic E-state index is 0.115. The second-order valence-corrected chi connectivity index (χ2v) is 3.16. The highest BCUT2D eigenvalue weighted by atomic mass is 16.1. The summed E-state index contributed by atoms with van der Waals surface area (Å²) in [5, 5.41) is 0. The lowest BCUT2D eigenvalue weighted by Gasteiger charge is -2.09. The largest absolute Gasteiger partial charge is 0.316 e. The molecule has 0 aliphatic rings. The Morgan fingerprint density at radius 1 is 1.42 bits per heavy atom. The van der Waals surface area contributed by atoms with Crippen molar-refractivity contribution in [1.82, 2.24) is 4.57 Å². The average molecular weight is 165 g/mol. The summed E-state index contributed by atoms with van der Waals surface area (Å²) in [7, 11) is 1.82. The number of pyridine rings is 1. The Kier molecular flexibility index (Phi) is 2.36. The Bertz CT molecular complexity index is 350. The lowest BCUT2D eigenvalue weighted by molar-refractivity contribution is 0.788. The van der Waals surface area contributed by atoms with Crippen molar-refractivity contribution in [1.29, 1.82) is 0 Å². The summed E-state index contributed by atoms with van der Waals surface area (Å²) in [5.74, 6) is 0. The van der Waals surface area contributed by atoms with E-state index in [2.05, 4.69) is 6.92 Å². The first-order valence-corrected chi connectivity index (χ1v) is 4.24. The van der Waals surface area contributed by atoms with E-state index in [1.54, 1.807) is 4.57 Å². The molecular formula is C10H15NO. The molecule has 0 bridgehead atoms. The van der Waals surface area contributed by atoms with Gasteiger partial charge in [0.25, 0.3) is 5.56 Å². The van der Waals surface area contributed by atoms with Gasteiger partial charge in [-0.15, -0.1) is 0 Å². The van der Waals surface area contributed by atoms with E-state index in [0.29, 0.717) is 0 Å². The van der Waals surface area contributed by atoms with Crippen LogP contribution in [0.5, 0.6) is 0 Å². The maximum Gasteiger partial charge on any atom is 0.253 e. The molecular weight excluding hydrogens is 150 g/mol. The molecule has 0 atom stereocenters. The molecule has 0 spiro atoms. The van der Waals surface area contributed by atoms with E-state index < -0.39 is 0 Å². The van der Waals surface area contributed by atoms with Crippen LogP contribution in [0.2, 0.25) is 0 Å². The van der Waals surface area contributed by atoms with Crippen molar-refractivity contribution < 1.29 is 0 Å². The quantitative estimate of drug-likeness (QED) is 0.619. The molecule has 0 N–H and O–H groups in total. The van der Waals surface area contributed by atoms with Crippen molar-refractivity contribution in [3.05, 3.63) is 33.2 Å². The van der Waals surface area contributed by atoms with Crippen molar-refractivity contribution in [3.63, 3.8) is 0 Å². The molecule has 2 nitrogen and oxygen atoms in total. The predicted molar refractivity (Wildman–Crippen MR) is 50.5 cm³/mol. The van der Waals surface area contributed by atoms with Gasteiger partial charge >= 0.3 is 0 Å². The molecule has 1 aromatic rings. The summed E-state index contributed by atoms with van der Waals surface area (Å²) >= 11 is 0. The molecule has 0 saturated heterocycles. The van der Waals surface area contributed by atoms with Gasteiger partial charge in [-0.1, -0.05) is 6.92 Å². The van der Waals surface area contributed by atoms with Gasteiger partial charge in [-0.3, -0.25) is 4.79 Å². The smallest absolute Gasteiger partial charge is 0.253 e. The molecule has 66 valence electrons. The van der Waals surface area contributed by atoms with E-state index in [1.807, 2.05) is 27.0 Å². The van der Waals surface area contributed by atoms with Gasteiger partial charge in [-0.05, 0) is 31.9 Å². The van der Waals surface area contributed by atoms with E-state index in [9.17, 15) is 4.79 Å². The zero-order valence-electron chi connectivity index (χ0n) is 8.14. The molecule has 1 heterocycles. The monoisotopic (exact) mass is 165 g/mol. The fraction of sp³-hybridized carbons (Fsp3) is 0.500. The van der Waals surface area contributed by atoms with Crippen molar-refractivity contribution >= 4 is 0 Å². The summed E-state index contributed by atoms with van der Waals surface area (Å²) in [6.07, 6.45) is 0.987. The van der Waals surface area contributed by atoms with Crippen molar-refractivity contribution in [2.45, 2.75) is 27.2 Å². The van der Waals surface area contributed by atoms with E-state index in [0.717, 1.165) is 17.7 Å². The summed E-state index contributed by atoms with van der Waals surface area (Å²) in [6.45, 7) is 5.95. The number of hydrogen-bond donors (Lipinski definition) is 0. The van der Waals surface area contributed by atoms with Gasteiger partial charge in [-0.2, -0.15) is 0 Å². The highest BCUT2D eigenvalue weighted by Crippen LogP contribution is 2.06. The molecule has 1 rings (SSSR count). The fourth-order valence-corrected chi connectivity index (χ4v) is 1.42. The zero-order chi connectivity index (χ0) is 9.30. The maximum atomic E-state index is 11.4. The minimum atomic E-state index is 0.115. The third-order valence-electron chi connectivity index (χ3n) is 2.38. The van der Waals surface area contributed by atoms with Crippen LogP contribution in [0.3, 0.4) is 0 Å². The number of rotatable bonds is 1. The Morgan fingerprint density at radius 3 is 2.50 bits per heavy atom. The Hall–Kier alpha value is -1.05. The molecule has 0 saturated carbocycles. The van der Waals surface area contributed by atoms with E-state index >= 15 is 0 Å². The van der Waals surface area contributed by atoms with Crippen molar-refractivity contribution in [3.8, 4) is 0 Å². The fourth-order valence-electron chi connectivity index (χ4n) is 1.42. The second kappa shape index (κ2) is 3.13. The summed E-state index contributed by atoms with van der Waals surface area (Å²) in [5.41, 5.74) is 3.28. The van der Waals surface area contributed by atoms with Gasteiger partial charge in [-0.25, -0.2) is 0 Å². The van der Waals surface area contributed by atoms with E-state index in [-0.39, 0.29) is 5.56 Å². The lowest BCUT2D eigenvalue weighted by Crippen LogP contribution is -2.22. The van der Waals surface area contributed by atoms with E-state index in [1.165, 1.54) is 5.56 Å².